The van der Waals surface area contributed by atoms with Crippen LogP contribution in [-0.2, 0) is 26.6 Å². The zero-order valence-corrected chi connectivity index (χ0v) is 20.1. The molecule has 6 nitrogen and oxygen atoms in total. The fraction of sp³-hybridized carbons (Fsp3) is 0.241. The summed E-state index contributed by atoms with van der Waals surface area (Å²) >= 11 is 0. The van der Waals surface area contributed by atoms with Crippen molar-refractivity contribution in [1.82, 2.24) is 19.0 Å². The third-order valence-electron chi connectivity index (χ3n) is 6.44. The molecule has 0 fully saturated rings. The van der Waals surface area contributed by atoms with Gasteiger partial charge in [-0.2, -0.15) is 0 Å². The van der Waals surface area contributed by atoms with Gasteiger partial charge < -0.3 is 9.30 Å². The Labute approximate surface area is 205 Å². The zero-order valence-electron chi connectivity index (χ0n) is 20.1. The predicted octanol–water partition coefficient (Wildman–Crippen LogP) is 3.72. The first-order valence-electron chi connectivity index (χ1n) is 11.7. The highest BCUT2D eigenvalue weighted by Crippen LogP contribution is 2.20. The second-order valence-corrected chi connectivity index (χ2v) is 8.80. The summed E-state index contributed by atoms with van der Waals surface area (Å²) in [6, 6.07) is 20.2. The van der Waals surface area contributed by atoms with Gasteiger partial charge in [0.2, 0.25) is 0 Å². The molecule has 0 radical (unpaired) electrons. The lowest BCUT2D eigenvalue weighted by molar-refractivity contribution is 0.280. The third-order valence-corrected chi connectivity index (χ3v) is 6.44. The van der Waals surface area contributed by atoms with Crippen molar-refractivity contribution in [3.63, 3.8) is 0 Å². The average Bonchev–Trinajstić information content (AvgIpc) is 3.32. The van der Waals surface area contributed by atoms with E-state index >= 15 is 0 Å². The topological polar surface area (TPSA) is 52.3 Å². The molecular weight excluding hydrogens is 436 g/mol. The molecule has 0 bridgehead atoms. The number of rotatable bonds is 5. The number of hydrogen-bond acceptors (Lipinski definition) is 4. The largest absolute Gasteiger partial charge is 0.497 e. The smallest absolute Gasteiger partial charge is 0.258 e. The molecule has 2 aromatic heterocycles. The molecule has 3 heterocycles. The molecule has 0 N–H and O–H groups in total. The number of fused-ring (bicyclic) bond motifs is 1. The molecule has 0 unspecified atom stereocenters. The summed E-state index contributed by atoms with van der Waals surface area (Å²) in [5.41, 5.74) is 6.07. The van der Waals surface area contributed by atoms with Crippen molar-refractivity contribution in [2.75, 3.05) is 20.2 Å². The Hall–Kier alpha value is -4.08. The van der Waals surface area contributed by atoms with E-state index in [1.165, 1.54) is 5.69 Å². The minimum atomic E-state index is 0.0364. The van der Waals surface area contributed by atoms with Crippen molar-refractivity contribution in [1.29, 1.82) is 0 Å². The summed E-state index contributed by atoms with van der Waals surface area (Å²) in [7, 11) is 3.69. The van der Waals surface area contributed by atoms with Gasteiger partial charge in [-0.25, -0.2) is 4.98 Å². The van der Waals surface area contributed by atoms with Crippen LogP contribution >= 0.6 is 0 Å². The van der Waals surface area contributed by atoms with Crippen molar-refractivity contribution < 1.29 is 4.74 Å². The van der Waals surface area contributed by atoms with Crippen LogP contribution < -0.4 is 10.3 Å². The SMILES string of the molecule is COc1ccc(C#CCN2CCc3ncn(Cc4ccc(-c5cccn5C)cc4)c(=O)c3C2)cc1. The van der Waals surface area contributed by atoms with E-state index in [0.29, 0.717) is 19.6 Å². The molecule has 0 atom stereocenters. The van der Waals surface area contributed by atoms with Gasteiger partial charge in [0.05, 0.1) is 37.8 Å². The number of nitrogens with zero attached hydrogens (tertiary/aromatic N) is 4. The van der Waals surface area contributed by atoms with E-state index in [4.69, 9.17) is 4.74 Å². The van der Waals surface area contributed by atoms with Crippen molar-refractivity contribution in [2.45, 2.75) is 19.5 Å². The summed E-state index contributed by atoms with van der Waals surface area (Å²) in [5.74, 6) is 7.25. The molecule has 6 heteroatoms. The molecule has 35 heavy (non-hydrogen) atoms. The molecule has 0 saturated heterocycles. The Bertz CT molecular complexity index is 1440. The molecule has 2 aromatic carbocycles. The van der Waals surface area contributed by atoms with Gasteiger partial charge in [-0.15, -0.1) is 0 Å². The van der Waals surface area contributed by atoms with Gasteiger partial charge in [-0.1, -0.05) is 36.1 Å². The summed E-state index contributed by atoms with van der Waals surface area (Å²) in [6.45, 7) is 2.54. The van der Waals surface area contributed by atoms with Crippen LogP contribution in [-0.4, -0.2) is 39.2 Å². The van der Waals surface area contributed by atoms with Crippen LogP contribution in [0.3, 0.4) is 0 Å². The summed E-state index contributed by atoms with van der Waals surface area (Å²) in [4.78, 5) is 20.1. The van der Waals surface area contributed by atoms with Crippen LogP contribution in [0.5, 0.6) is 5.75 Å². The lowest BCUT2D eigenvalue weighted by Crippen LogP contribution is -2.38. The first-order chi connectivity index (χ1) is 17.1. The average molecular weight is 465 g/mol. The molecule has 4 aromatic rings. The Balaban J connectivity index is 1.27. The molecule has 1 aliphatic rings. The minimum Gasteiger partial charge on any atom is -0.497 e. The Kier molecular flexibility index (Phi) is 6.51. The molecule has 0 spiro atoms. The molecule has 5 rings (SSSR count). The van der Waals surface area contributed by atoms with Crippen LogP contribution in [0, 0.1) is 11.8 Å². The molecular formula is C29H28N4O2. The maximum atomic E-state index is 13.3. The normalized spacial score (nSPS) is 13.1. The number of aromatic nitrogens is 3. The van der Waals surface area contributed by atoms with Crippen molar-refractivity contribution in [3.05, 3.63) is 106 Å². The van der Waals surface area contributed by atoms with Crippen molar-refractivity contribution in [2.24, 2.45) is 7.05 Å². The van der Waals surface area contributed by atoms with E-state index < -0.39 is 0 Å². The monoisotopic (exact) mass is 464 g/mol. The van der Waals surface area contributed by atoms with E-state index in [9.17, 15) is 4.79 Å². The minimum absolute atomic E-state index is 0.0364. The Morgan fingerprint density at radius 2 is 1.86 bits per heavy atom. The van der Waals surface area contributed by atoms with Crippen LogP contribution in [0.1, 0.15) is 22.4 Å². The van der Waals surface area contributed by atoms with Crippen LogP contribution in [0.15, 0.2) is 78.0 Å². The lowest BCUT2D eigenvalue weighted by Gasteiger charge is -2.26. The maximum Gasteiger partial charge on any atom is 0.258 e. The predicted molar refractivity (Wildman–Crippen MR) is 137 cm³/mol. The standard InChI is InChI=1S/C29H28N4O2/c1-31-16-4-6-28(31)24-11-7-23(8-12-24)19-33-21-30-27-15-18-32(20-26(27)29(33)34)17-3-5-22-9-13-25(35-2)14-10-22/h4,6-14,16,21H,15,17-20H2,1-2H3. The summed E-state index contributed by atoms with van der Waals surface area (Å²) in [5, 5.41) is 0. The van der Waals surface area contributed by atoms with Crippen LogP contribution in [0.2, 0.25) is 0 Å². The van der Waals surface area contributed by atoms with Gasteiger partial charge in [0.1, 0.15) is 5.75 Å². The quantitative estimate of drug-likeness (QED) is 0.423. The van der Waals surface area contributed by atoms with Crippen molar-refractivity contribution in [3.8, 4) is 28.8 Å². The number of aryl methyl sites for hydroxylation is 1. The Morgan fingerprint density at radius 1 is 1.06 bits per heavy atom. The van der Waals surface area contributed by atoms with Gasteiger partial charge in [0.25, 0.3) is 5.56 Å². The maximum absolute atomic E-state index is 13.3. The summed E-state index contributed by atoms with van der Waals surface area (Å²) < 4.78 is 9.00. The number of hydrogen-bond donors (Lipinski definition) is 0. The fourth-order valence-electron chi connectivity index (χ4n) is 4.42. The first-order valence-corrected chi connectivity index (χ1v) is 11.7. The Morgan fingerprint density at radius 3 is 2.57 bits per heavy atom. The molecule has 0 saturated carbocycles. The van der Waals surface area contributed by atoms with Gasteiger partial charge >= 0.3 is 0 Å². The summed E-state index contributed by atoms with van der Waals surface area (Å²) in [6.07, 6.45) is 4.49. The van der Waals surface area contributed by atoms with Crippen LogP contribution in [0.4, 0.5) is 0 Å². The van der Waals surface area contributed by atoms with Gasteiger partial charge in [0.15, 0.2) is 0 Å². The number of methoxy groups -OCH3 is 1. The number of benzene rings is 2. The van der Waals surface area contributed by atoms with E-state index in [-0.39, 0.29) is 5.56 Å². The fourth-order valence-corrected chi connectivity index (χ4v) is 4.42. The van der Waals surface area contributed by atoms with Crippen LogP contribution in [0.25, 0.3) is 11.3 Å². The second-order valence-electron chi connectivity index (χ2n) is 8.80. The molecule has 0 amide bonds. The van der Waals surface area contributed by atoms with E-state index in [0.717, 1.165) is 46.7 Å². The number of ether oxygens (including phenoxy) is 1. The molecule has 1 aliphatic heterocycles. The van der Waals surface area contributed by atoms with E-state index in [2.05, 4.69) is 56.6 Å². The highest BCUT2D eigenvalue weighted by molar-refractivity contribution is 5.60. The van der Waals surface area contributed by atoms with E-state index in [1.807, 2.05) is 43.6 Å². The molecule has 0 aliphatic carbocycles. The first kappa shape index (κ1) is 22.7. The van der Waals surface area contributed by atoms with Gasteiger partial charge in [-0.3, -0.25) is 14.3 Å². The van der Waals surface area contributed by atoms with Gasteiger partial charge in [0, 0.05) is 44.0 Å². The van der Waals surface area contributed by atoms with Crippen molar-refractivity contribution >= 4 is 0 Å². The third kappa shape index (κ3) is 5.06. The lowest BCUT2D eigenvalue weighted by atomic mass is 10.1. The highest BCUT2D eigenvalue weighted by atomic mass is 16.5. The van der Waals surface area contributed by atoms with E-state index in [1.54, 1.807) is 18.0 Å². The van der Waals surface area contributed by atoms with Gasteiger partial charge in [-0.05, 0) is 47.5 Å². The molecule has 176 valence electrons. The zero-order chi connectivity index (χ0) is 24.2. The highest BCUT2D eigenvalue weighted by Gasteiger charge is 2.20. The second kappa shape index (κ2) is 10.0.